The predicted octanol–water partition coefficient (Wildman–Crippen LogP) is 3.09. The van der Waals surface area contributed by atoms with Crippen LogP contribution in [0.3, 0.4) is 0 Å². The Bertz CT molecular complexity index is 496. The lowest BCUT2D eigenvalue weighted by atomic mass is 9.95. The molecule has 1 aromatic heterocycles. The van der Waals surface area contributed by atoms with E-state index in [9.17, 15) is 9.59 Å². The molecule has 0 aliphatic heterocycles. The second-order valence-corrected chi connectivity index (χ2v) is 6.37. The third kappa shape index (κ3) is 4.56. The largest absolute Gasteiger partial charge is 0.469 e. The Kier molecular flexibility index (Phi) is 6.23. The van der Waals surface area contributed by atoms with Gasteiger partial charge in [0.2, 0.25) is 0 Å². The number of carbonyl (C=O) groups excluding carboxylic acids is 2. The smallest absolute Gasteiger partial charge is 0.305 e. The van der Waals surface area contributed by atoms with Crippen molar-refractivity contribution in [3.05, 3.63) is 21.4 Å². The molecule has 0 fully saturated rings. The highest BCUT2D eigenvalue weighted by Gasteiger charge is 2.19. The molecule has 21 heavy (non-hydrogen) atoms. The summed E-state index contributed by atoms with van der Waals surface area (Å²) in [6, 6.07) is 0. The van der Waals surface area contributed by atoms with Crippen molar-refractivity contribution in [1.82, 2.24) is 5.32 Å². The van der Waals surface area contributed by atoms with E-state index in [-0.39, 0.29) is 11.9 Å². The highest BCUT2D eigenvalue weighted by molar-refractivity contribution is 7.10. The van der Waals surface area contributed by atoms with Crippen LogP contribution in [-0.4, -0.2) is 25.5 Å². The molecule has 1 aliphatic rings. The molecule has 0 bridgehead atoms. The standard InChI is InChI=1S/C16H23NO3S/c1-20-15(18)9-3-2-6-10-17-16(19)13-11-21-14-8-5-4-7-12(13)14/h11H,2-10H2,1H3,(H,17,19). The summed E-state index contributed by atoms with van der Waals surface area (Å²) in [5.74, 6) is -0.105. The van der Waals surface area contributed by atoms with Gasteiger partial charge in [-0.2, -0.15) is 0 Å². The summed E-state index contributed by atoms with van der Waals surface area (Å²) in [4.78, 5) is 24.5. The Morgan fingerprint density at radius 3 is 2.86 bits per heavy atom. The number of carbonyl (C=O) groups is 2. The molecule has 0 radical (unpaired) electrons. The van der Waals surface area contributed by atoms with Crippen LogP contribution >= 0.6 is 11.3 Å². The fourth-order valence-corrected chi connectivity index (χ4v) is 3.78. The first-order valence-electron chi connectivity index (χ1n) is 7.66. The molecule has 0 unspecified atom stereocenters. The number of fused-ring (bicyclic) bond motifs is 1. The number of unbranched alkanes of at least 4 members (excludes halogenated alkanes) is 2. The van der Waals surface area contributed by atoms with Crippen molar-refractivity contribution in [2.45, 2.75) is 51.4 Å². The lowest BCUT2D eigenvalue weighted by Gasteiger charge is -2.12. The van der Waals surface area contributed by atoms with Crippen LogP contribution in [0.1, 0.15) is 59.3 Å². The molecule has 4 nitrogen and oxygen atoms in total. The summed E-state index contributed by atoms with van der Waals surface area (Å²) in [6.45, 7) is 0.671. The van der Waals surface area contributed by atoms with Gasteiger partial charge < -0.3 is 10.1 Å². The minimum Gasteiger partial charge on any atom is -0.469 e. The number of amides is 1. The first-order chi connectivity index (χ1) is 10.2. The third-order valence-corrected chi connectivity index (χ3v) is 4.97. The molecule has 0 atom stereocenters. The van der Waals surface area contributed by atoms with Crippen LogP contribution in [0, 0.1) is 0 Å². The van der Waals surface area contributed by atoms with E-state index in [4.69, 9.17) is 0 Å². The zero-order valence-corrected chi connectivity index (χ0v) is 13.4. The lowest BCUT2D eigenvalue weighted by Crippen LogP contribution is -2.25. The van der Waals surface area contributed by atoms with Crippen LogP contribution in [0.15, 0.2) is 5.38 Å². The lowest BCUT2D eigenvalue weighted by molar-refractivity contribution is -0.140. The number of esters is 1. The van der Waals surface area contributed by atoms with E-state index in [2.05, 4.69) is 10.1 Å². The Labute approximate surface area is 129 Å². The topological polar surface area (TPSA) is 55.4 Å². The number of aryl methyl sites for hydroxylation is 1. The second-order valence-electron chi connectivity index (χ2n) is 5.40. The van der Waals surface area contributed by atoms with E-state index in [1.807, 2.05) is 5.38 Å². The summed E-state index contributed by atoms with van der Waals surface area (Å²) < 4.78 is 4.59. The summed E-state index contributed by atoms with van der Waals surface area (Å²) in [6.07, 6.45) is 7.71. The van der Waals surface area contributed by atoms with Crippen LogP contribution in [0.4, 0.5) is 0 Å². The normalized spacial score (nSPS) is 13.6. The van der Waals surface area contributed by atoms with Crippen LogP contribution in [0.25, 0.3) is 0 Å². The van der Waals surface area contributed by atoms with Crippen molar-refractivity contribution in [1.29, 1.82) is 0 Å². The first-order valence-corrected chi connectivity index (χ1v) is 8.54. The number of thiophene rings is 1. The molecule has 0 aromatic carbocycles. The second kappa shape index (κ2) is 8.17. The Hall–Kier alpha value is -1.36. The highest BCUT2D eigenvalue weighted by Crippen LogP contribution is 2.30. The first kappa shape index (κ1) is 16.0. The summed E-state index contributed by atoms with van der Waals surface area (Å²) in [5, 5.41) is 4.99. The third-order valence-electron chi connectivity index (χ3n) is 3.88. The molecular formula is C16H23NO3S. The fraction of sp³-hybridized carbons (Fsp3) is 0.625. The van der Waals surface area contributed by atoms with Crippen LogP contribution in [-0.2, 0) is 22.4 Å². The fourth-order valence-electron chi connectivity index (χ4n) is 2.65. The molecule has 1 amide bonds. The van der Waals surface area contributed by atoms with Gasteiger partial charge in [-0.05, 0) is 44.1 Å². The van der Waals surface area contributed by atoms with Crippen molar-refractivity contribution in [3.8, 4) is 0 Å². The molecule has 2 rings (SSSR count). The van der Waals surface area contributed by atoms with E-state index < -0.39 is 0 Å². The average Bonchev–Trinajstić information content (AvgIpc) is 2.94. The van der Waals surface area contributed by atoms with Crippen molar-refractivity contribution >= 4 is 23.2 Å². The van der Waals surface area contributed by atoms with E-state index in [0.717, 1.165) is 37.7 Å². The van der Waals surface area contributed by atoms with Crippen molar-refractivity contribution in [2.24, 2.45) is 0 Å². The van der Waals surface area contributed by atoms with Gasteiger partial charge in [0.15, 0.2) is 0 Å². The van der Waals surface area contributed by atoms with Gasteiger partial charge in [-0.15, -0.1) is 11.3 Å². The Balaban J connectivity index is 1.68. The quantitative estimate of drug-likeness (QED) is 0.622. The molecule has 116 valence electrons. The average molecular weight is 309 g/mol. The monoisotopic (exact) mass is 309 g/mol. The zero-order chi connectivity index (χ0) is 15.1. The predicted molar refractivity (Wildman–Crippen MR) is 83.8 cm³/mol. The molecule has 1 heterocycles. The van der Waals surface area contributed by atoms with Crippen molar-refractivity contribution in [2.75, 3.05) is 13.7 Å². The maximum Gasteiger partial charge on any atom is 0.305 e. The number of rotatable bonds is 7. The molecule has 1 aliphatic carbocycles. The minimum absolute atomic E-state index is 0.0577. The number of hydrogen-bond donors (Lipinski definition) is 1. The number of methoxy groups -OCH3 is 1. The van der Waals surface area contributed by atoms with Gasteiger partial charge >= 0.3 is 5.97 Å². The summed E-state index contributed by atoms with van der Waals surface area (Å²) >= 11 is 1.72. The van der Waals surface area contributed by atoms with Gasteiger partial charge in [0.05, 0.1) is 12.7 Å². The van der Waals surface area contributed by atoms with Crippen molar-refractivity contribution < 1.29 is 14.3 Å². The van der Waals surface area contributed by atoms with Crippen molar-refractivity contribution in [3.63, 3.8) is 0 Å². The molecule has 0 saturated carbocycles. The highest BCUT2D eigenvalue weighted by atomic mass is 32.1. The summed E-state index contributed by atoms with van der Waals surface area (Å²) in [5.41, 5.74) is 2.15. The van der Waals surface area contributed by atoms with Gasteiger partial charge in [0, 0.05) is 23.2 Å². The van der Waals surface area contributed by atoms with E-state index >= 15 is 0 Å². The molecule has 0 spiro atoms. The van der Waals surface area contributed by atoms with E-state index in [0.29, 0.717) is 13.0 Å². The SMILES string of the molecule is COC(=O)CCCCCNC(=O)c1csc2c1CCCC2. The zero-order valence-electron chi connectivity index (χ0n) is 12.6. The Morgan fingerprint density at radius 2 is 2.05 bits per heavy atom. The Morgan fingerprint density at radius 1 is 1.24 bits per heavy atom. The van der Waals surface area contributed by atoms with Crippen LogP contribution in [0.2, 0.25) is 0 Å². The van der Waals surface area contributed by atoms with Gasteiger partial charge in [-0.1, -0.05) is 6.42 Å². The molecule has 1 N–H and O–H groups in total. The molecular weight excluding hydrogens is 286 g/mol. The maximum absolute atomic E-state index is 12.2. The number of nitrogens with one attached hydrogen (secondary N) is 1. The van der Waals surface area contributed by atoms with Gasteiger partial charge in [-0.3, -0.25) is 9.59 Å². The summed E-state index contributed by atoms with van der Waals surface area (Å²) in [7, 11) is 1.41. The number of hydrogen-bond acceptors (Lipinski definition) is 4. The molecule has 1 aromatic rings. The van der Waals surface area contributed by atoms with Gasteiger partial charge in [0.25, 0.3) is 5.91 Å². The van der Waals surface area contributed by atoms with E-state index in [1.165, 1.54) is 30.4 Å². The molecule has 0 saturated heterocycles. The van der Waals surface area contributed by atoms with E-state index in [1.54, 1.807) is 11.3 Å². The minimum atomic E-state index is -0.163. The maximum atomic E-state index is 12.2. The van der Waals surface area contributed by atoms with Crippen LogP contribution in [0.5, 0.6) is 0 Å². The number of ether oxygens (including phenoxy) is 1. The van der Waals surface area contributed by atoms with Gasteiger partial charge in [-0.25, -0.2) is 0 Å². The van der Waals surface area contributed by atoms with Crippen LogP contribution < -0.4 is 5.32 Å². The van der Waals surface area contributed by atoms with Gasteiger partial charge in [0.1, 0.15) is 0 Å². The molecule has 5 heteroatoms.